The zero-order valence-corrected chi connectivity index (χ0v) is 17.8. The molecule has 0 radical (unpaired) electrons. The molecule has 0 amide bonds. The molecule has 10 heteroatoms. The highest BCUT2D eigenvalue weighted by molar-refractivity contribution is 7.85. The largest absolute Gasteiger partial charge is 0.744 e. The maximum atomic E-state index is 11.8. The number of rotatable bonds is 5. The summed E-state index contributed by atoms with van der Waals surface area (Å²) in [6, 6.07) is 15.6. The Balaban J connectivity index is 0.000000248. The molecule has 0 saturated carbocycles. The molecular formula is C20H24N4O5S. The van der Waals surface area contributed by atoms with Crippen LogP contribution in [0.5, 0.6) is 0 Å². The van der Waals surface area contributed by atoms with Crippen molar-refractivity contribution in [1.29, 1.82) is 0 Å². The van der Waals surface area contributed by atoms with Gasteiger partial charge in [-0.15, -0.1) is 4.68 Å². The first-order chi connectivity index (χ1) is 14.1. The Morgan fingerprint density at radius 3 is 2.30 bits per heavy atom. The molecule has 0 atom stereocenters. The standard InChI is InChI=1S/C13H16N4O2.C7H8O3S/c1-3-19-13(18)11-12(14)17(15-16(11)2)9-10-7-5-4-6-8-10;1-6-2-4-7(5-3-6)11(8,9)10/h4-8H,3,9H2,1-2H3,(H-,14,15,18);2-5H,1H3,(H,8,9,10). The SMILES string of the molecule is CCOC(=O)c1c(N)[n+](Cc2ccccc2)nn1C.Cc1ccc(S(=O)(=O)[O-])cc1. The summed E-state index contributed by atoms with van der Waals surface area (Å²) in [5, 5.41) is 4.22. The van der Waals surface area contributed by atoms with E-state index in [1.807, 2.05) is 37.3 Å². The minimum Gasteiger partial charge on any atom is -0.744 e. The number of carbonyl (C=O) groups is 1. The fourth-order valence-electron chi connectivity index (χ4n) is 2.56. The molecule has 0 saturated heterocycles. The van der Waals surface area contributed by atoms with Crippen molar-refractivity contribution in [2.24, 2.45) is 7.05 Å². The highest BCUT2D eigenvalue weighted by Crippen LogP contribution is 2.09. The van der Waals surface area contributed by atoms with Crippen molar-refractivity contribution >= 4 is 21.9 Å². The van der Waals surface area contributed by atoms with Crippen molar-refractivity contribution in [3.8, 4) is 0 Å². The van der Waals surface area contributed by atoms with Crippen LogP contribution in [0.1, 0.15) is 28.5 Å². The Hall–Kier alpha value is -3.24. The number of aromatic nitrogens is 3. The molecule has 9 nitrogen and oxygen atoms in total. The second-order valence-electron chi connectivity index (χ2n) is 6.38. The zero-order chi connectivity index (χ0) is 22.3. The monoisotopic (exact) mass is 432 g/mol. The average molecular weight is 433 g/mol. The van der Waals surface area contributed by atoms with Crippen LogP contribution in [0, 0.1) is 6.92 Å². The van der Waals surface area contributed by atoms with Gasteiger partial charge in [0, 0.05) is 5.21 Å². The van der Waals surface area contributed by atoms with Crippen LogP contribution in [-0.2, 0) is 28.4 Å². The predicted molar refractivity (Wildman–Crippen MR) is 108 cm³/mol. The normalized spacial score (nSPS) is 10.8. The summed E-state index contributed by atoms with van der Waals surface area (Å²) < 4.78 is 39.2. The van der Waals surface area contributed by atoms with Crippen LogP contribution in [-0.4, -0.2) is 35.4 Å². The number of benzene rings is 2. The Labute approximate surface area is 175 Å². The molecule has 0 unspecified atom stereocenters. The van der Waals surface area contributed by atoms with E-state index >= 15 is 0 Å². The summed E-state index contributed by atoms with van der Waals surface area (Å²) in [6.07, 6.45) is 0. The molecule has 0 aliphatic heterocycles. The molecule has 3 aromatic rings. The summed E-state index contributed by atoms with van der Waals surface area (Å²) in [5.74, 6) is -0.147. The van der Waals surface area contributed by atoms with Crippen LogP contribution >= 0.6 is 0 Å². The van der Waals surface area contributed by atoms with E-state index in [0.29, 0.717) is 19.0 Å². The van der Waals surface area contributed by atoms with E-state index in [4.69, 9.17) is 10.5 Å². The first kappa shape index (κ1) is 23.0. The molecule has 1 heterocycles. The van der Waals surface area contributed by atoms with E-state index in [0.717, 1.165) is 11.1 Å². The lowest BCUT2D eigenvalue weighted by Gasteiger charge is -2.05. The van der Waals surface area contributed by atoms with Gasteiger partial charge in [-0.3, -0.25) is 0 Å². The fourth-order valence-corrected chi connectivity index (χ4v) is 3.03. The number of ether oxygens (including phenoxy) is 1. The number of nitrogens with two attached hydrogens (primary N) is 1. The lowest BCUT2D eigenvalue weighted by molar-refractivity contribution is -0.734. The lowest BCUT2D eigenvalue weighted by Crippen LogP contribution is -2.39. The molecule has 0 spiro atoms. The highest BCUT2D eigenvalue weighted by Gasteiger charge is 2.27. The molecule has 160 valence electrons. The number of nitrogens with zero attached hydrogens (tertiary/aromatic N) is 3. The van der Waals surface area contributed by atoms with E-state index in [1.54, 1.807) is 30.8 Å². The van der Waals surface area contributed by atoms with E-state index < -0.39 is 16.1 Å². The third kappa shape index (κ3) is 6.13. The van der Waals surface area contributed by atoms with E-state index in [-0.39, 0.29) is 10.6 Å². The Kier molecular flexibility index (Phi) is 7.67. The van der Waals surface area contributed by atoms with E-state index in [1.165, 1.54) is 16.8 Å². The van der Waals surface area contributed by atoms with Crippen LogP contribution in [0.25, 0.3) is 0 Å². The number of hydrogen-bond donors (Lipinski definition) is 1. The molecule has 0 fully saturated rings. The molecule has 2 aromatic carbocycles. The van der Waals surface area contributed by atoms with Crippen molar-refractivity contribution in [2.75, 3.05) is 12.3 Å². The molecular weight excluding hydrogens is 408 g/mol. The summed E-state index contributed by atoms with van der Waals surface area (Å²) in [4.78, 5) is 11.6. The lowest BCUT2D eigenvalue weighted by atomic mass is 10.2. The quantitative estimate of drug-likeness (QED) is 0.366. The predicted octanol–water partition coefficient (Wildman–Crippen LogP) is 1.41. The smallest absolute Gasteiger partial charge is 0.379 e. The van der Waals surface area contributed by atoms with Gasteiger partial charge in [0.25, 0.3) is 11.5 Å². The Bertz CT molecular complexity index is 1090. The van der Waals surface area contributed by atoms with Gasteiger partial charge in [-0.1, -0.05) is 48.0 Å². The molecule has 0 aliphatic carbocycles. The third-order valence-corrected chi connectivity index (χ3v) is 4.89. The Morgan fingerprint density at radius 1 is 1.17 bits per heavy atom. The van der Waals surface area contributed by atoms with Crippen molar-refractivity contribution < 1.29 is 27.2 Å². The number of esters is 1. The van der Waals surface area contributed by atoms with Crippen LogP contribution in [0.15, 0.2) is 59.5 Å². The van der Waals surface area contributed by atoms with Crippen LogP contribution in [0.3, 0.4) is 0 Å². The van der Waals surface area contributed by atoms with Gasteiger partial charge in [0.1, 0.15) is 16.7 Å². The second kappa shape index (κ2) is 9.99. The van der Waals surface area contributed by atoms with E-state index in [9.17, 15) is 17.8 Å². The maximum absolute atomic E-state index is 11.8. The van der Waals surface area contributed by atoms with Gasteiger partial charge in [0.2, 0.25) is 0 Å². The number of aryl methyl sites for hydroxylation is 2. The van der Waals surface area contributed by atoms with Gasteiger partial charge in [-0.05, 0) is 31.5 Å². The second-order valence-corrected chi connectivity index (χ2v) is 7.76. The van der Waals surface area contributed by atoms with Crippen LogP contribution < -0.4 is 10.4 Å². The molecule has 2 N–H and O–H groups in total. The molecule has 30 heavy (non-hydrogen) atoms. The van der Waals surface area contributed by atoms with Crippen LogP contribution in [0.2, 0.25) is 0 Å². The van der Waals surface area contributed by atoms with Gasteiger partial charge in [-0.2, -0.15) is 4.68 Å². The van der Waals surface area contributed by atoms with Gasteiger partial charge in [-0.25, -0.2) is 13.2 Å². The summed E-state index contributed by atoms with van der Waals surface area (Å²) in [7, 11) is -2.60. The van der Waals surface area contributed by atoms with Crippen molar-refractivity contribution in [3.63, 3.8) is 0 Å². The van der Waals surface area contributed by atoms with E-state index in [2.05, 4.69) is 5.21 Å². The van der Waals surface area contributed by atoms with Crippen LogP contribution in [0.4, 0.5) is 5.82 Å². The minimum atomic E-state index is -4.27. The molecule has 1 aromatic heterocycles. The van der Waals surface area contributed by atoms with Gasteiger partial charge >= 0.3 is 5.97 Å². The molecule has 3 rings (SSSR count). The number of anilines is 1. The fraction of sp³-hybridized carbons (Fsp3) is 0.250. The molecule has 0 bridgehead atoms. The number of carbonyl (C=O) groups excluding carboxylic acids is 1. The van der Waals surface area contributed by atoms with Gasteiger partial charge in [0.15, 0.2) is 0 Å². The van der Waals surface area contributed by atoms with Gasteiger partial charge < -0.3 is 15.0 Å². The summed E-state index contributed by atoms with van der Waals surface area (Å²) >= 11 is 0. The topological polar surface area (TPSA) is 131 Å². The maximum Gasteiger partial charge on any atom is 0.379 e. The number of hydrogen-bond acceptors (Lipinski definition) is 7. The first-order valence-electron chi connectivity index (χ1n) is 9.09. The first-order valence-corrected chi connectivity index (χ1v) is 10.5. The number of nitrogen functional groups attached to an aromatic ring is 1. The van der Waals surface area contributed by atoms with Gasteiger partial charge in [0.05, 0.1) is 18.6 Å². The average Bonchev–Trinajstić information content (AvgIpc) is 2.96. The third-order valence-electron chi connectivity index (χ3n) is 4.04. The summed E-state index contributed by atoms with van der Waals surface area (Å²) in [5.41, 5.74) is 8.23. The highest BCUT2D eigenvalue weighted by atomic mass is 32.2. The van der Waals surface area contributed by atoms with Crippen molar-refractivity contribution in [2.45, 2.75) is 25.3 Å². The zero-order valence-electron chi connectivity index (χ0n) is 17.0. The molecule has 0 aliphatic rings. The minimum absolute atomic E-state index is 0.178. The van der Waals surface area contributed by atoms with Crippen molar-refractivity contribution in [3.05, 3.63) is 71.4 Å². The summed E-state index contributed by atoms with van der Waals surface area (Å²) in [6.45, 7) is 4.39. The van der Waals surface area contributed by atoms with Crippen molar-refractivity contribution in [1.82, 2.24) is 9.90 Å². The Morgan fingerprint density at radius 2 is 1.77 bits per heavy atom.